The van der Waals surface area contributed by atoms with E-state index in [-0.39, 0.29) is 0 Å². The summed E-state index contributed by atoms with van der Waals surface area (Å²) < 4.78 is 5.34. The maximum Gasteiger partial charge on any atom is 0.298 e. The van der Waals surface area contributed by atoms with Crippen LogP contribution in [0.1, 0.15) is 18.5 Å². The molecule has 2 rings (SSSR count). The standard InChI is InChI=1S/C11H15N3O/c1-2-5-14(7-9-3-4-9)11-13-10(6-12)8-15-11/h1,8-9H,3-7,12H2. The van der Waals surface area contributed by atoms with Crippen LogP contribution in [-0.2, 0) is 6.54 Å². The molecule has 0 radical (unpaired) electrons. The Morgan fingerprint density at radius 3 is 3.00 bits per heavy atom. The molecule has 1 heterocycles. The summed E-state index contributed by atoms with van der Waals surface area (Å²) in [6.07, 6.45) is 9.47. The van der Waals surface area contributed by atoms with Crippen LogP contribution in [0.15, 0.2) is 10.7 Å². The van der Waals surface area contributed by atoms with Gasteiger partial charge in [0.2, 0.25) is 0 Å². The monoisotopic (exact) mass is 205 g/mol. The molecular formula is C11H15N3O. The van der Waals surface area contributed by atoms with Crippen molar-refractivity contribution >= 4 is 6.01 Å². The molecule has 4 heteroatoms. The summed E-state index contributed by atoms with van der Waals surface area (Å²) in [7, 11) is 0. The summed E-state index contributed by atoms with van der Waals surface area (Å²) in [6, 6.07) is 0.598. The first-order chi connectivity index (χ1) is 7.33. The fraction of sp³-hybridized carbons (Fsp3) is 0.545. The molecule has 0 unspecified atom stereocenters. The van der Waals surface area contributed by atoms with Gasteiger partial charge in [-0.05, 0) is 18.8 Å². The molecule has 1 aromatic rings. The van der Waals surface area contributed by atoms with Crippen LogP contribution >= 0.6 is 0 Å². The van der Waals surface area contributed by atoms with Gasteiger partial charge in [0.05, 0.1) is 12.2 Å². The molecule has 0 saturated heterocycles. The van der Waals surface area contributed by atoms with E-state index in [2.05, 4.69) is 10.9 Å². The Bertz CT molecular complexity index is 362. The minimum absolute atomic E-state index is 0.400. The van der Waals surface area contributed by atoms with E-state index in [0.717, 1.165) is 18.2 Å². The molecule has 1 aromatic heterocycles. The van der Waals surface area contributed by atoms with Gasteiger partial charge in [-0.3, -0.25) is 0 Å². The molecule has 1 saturated carbocycles. The van der Waals surface area contributed by atoms with Gasteiger partial charge in [0.25, 0.3) is 6.01 Å². The number of aromatic nitrogens is 1. The maximum atomic E-state index is 5.47. The van der Waals surface area contributed by atoms with E-state index in [4.69, 9.17) is 16.6 Å². The SMILES string of the molecule is C#CCN(CC1CC1)c1nc(CN)co1. The van der Waals surface area contributed by atoms with Gasteiger partial charge in [-0.15, -0.1) is 6.42 Å². The highest BCUT2D eigenvalue weighted by Gasteiger charge is 2.25. The van der Waals surface area contributed by atoms with E-state index < -0.39 is 0 Å². The second-order valence-corrected chi connectivity index (χ2v) is 3.85. The Morgan fingerprint density at radius 1 is 1.67 bits per heavy atom. The smallest absolute Gasteiger partial charge is 0.298 e. The lowest BCUT2D eigenvalue weighted by atomic mass is 10.4. The Morgan fingerprint density at radius 2 is 2.47 bits per heavy atom. The molecule has 0 atom stereocenters. The Labute approximate surface area is 89.5 Å². The summed E-state index contributed by atoms with van der Waals surface area (Å²) in [6.45, 7) is 1.88. The third kappa shape index (κ3) is 2.51. The van der Waals surface area contributed by atoms with Crippen molar-refractivity contribution in [3.63, 3.8) is 0 Å². The van der Waals surface area contributed by atoms with Gasteiger partial charge in [0.15, 0.2) is 0 Å². The Kier molecular flexibility index (Phi) is 2.93. The zero-order valence-corrected chi connectivity index (χ0v) is 8.65. The van der Waals surface area contributed by atoms with E-state index in [0.29, 0.717) is 19.1 Å². The first-order valence-electron chi connectivity index (χ1n) is 5.16. The highest BCUT2D eigenvalue weighted by molar-refractivity contribution is 5.30. The van der Waals surface area contributed by atoms with Gasteiger partial charge in [-0.25, -0.2) is 0 Å². The summed E-state index contributed by atoms with van der Waals surface area (Å²) in [5.74, 6) is 3.38. The van der Waals surface area contributed by atoms with Crippen LogP contribution in [-0.4, -0.2) is 18.1 Å². The van der Waals surface area contributed by atoms with Crippen LogP contribution in [0.3, 0.4) is 0 Å². The maximum absolute atomic E-state index is 5.47. The second kappa shape index (κ2) is 4.37. The van der Waals surface area contributed by atoms with Crippen molar-refractivity contribution in [2.45, 2.75) is 19.4 Å². The van der Waals surface area contributed by atoms with Crippen molar-refractivity contribution in [2.24, 2.45) is 11.7 Å². The average molecular weight is 205 g/mol. The van der Waals surface area contributed by atoms with Gasteiger partial charge < -0.3 is 15.1 Å². The highest BCUT2D eigenvalue weighted by atomic mass is 16.4. The van der Waals surface area contributed by atoms with Gasteiger partial charge in [0.1, 0.15) is 6.26 Å². The van der Waals surface area contributed by atoms with Crippen molar-refractivity contribution < 1.29 is 4.42 Å². The van der Waals surface area contributed by atoms with E-state index in [9.17, 15) is 0 Å². The topological polar surface area (TPSA) is 55.3 Å². The number of anilines is 1. The number of oxazole rings is 1. The Hall–Kier alpha value is -1.47. The number of terminal acetylenes is 1. The third-order valence-corrected chi connectivity index (χ3v) is 2.48. The summed E-state index contributed by atoms with van der Waals surface area (Å²) in [5, 5.41) is 0. The molecule has 1 aliphatic carbocycles. The average Bonchev–Trinajstić information content (AvgIpc) is 2.94. The fourth-order valence-corrected chi connectivity index (χ4v) is 1.47. The first-order valence-corrected chi connectivity index (χ1v) is 5.16. The van der Waals surface area contributed by atoms with Gasteiger partial charge in [-0.1, -0.05) is 5.92 Å². The van der Waals surface area contributed by atoms with Crippen LogP contribution < -0.4 is 10.6 Å². The quantitative estimate of drug-likeness (QED) is 0.728. The van der Waals surface area contributed by atoms with Crippen molar-refractivity contribution in [1.29, 1.82) is 0 Å². The molecule has 0 spiro atoms. The van der Waals surface area contributed by atoms with E-state index in [1.807, 2.05) is 4.90 Å². The van der Waals surface area contributed by atoms with Crippen molar-refractivity contribution in [2.75, 3.05) is 18.0 Å². The van der Waals surface area contributed by atoms with E-state index >= 15 is 0 Å². The van der Waals surface area contributed by atoms with Crippen LogP contribution in [0.2, 0.25) is 0 Å². The Balaban J connectivity index is 2.04. The highest BCUT2D eigenvalue weighted by Crippen LogP contribution is 2.31. The molecule has 0 bridgehead atoms. The molecule has 0 aromatic carbocycles. The van der Waals surface area contributed by atoms with Crippen LogP contribution in [0.25, 0.3) is 0 Å². The molecule has 80 valence electrons. The summed E-state index contributed by atoms with van der Waals surface area (Å²) in [5.41, 5.74) is 6.24. The predicted octanol–water partition coefficient (Wildman–Crippen LogP) is 0.983. The number of hydrogen-bond donors (Lipinski definition) is 1. The normalized spacial score (nSPS) is 14.9. The zero-order chi connectivity index (χ0) is 10.7. The van der Waals surface area contributed by atoms with E-state index in [1.54, 1.807) is 6.26 Å². The van der Waals surface area contributed by atoms with E-state index in [1.165, 1.54) is 12.8 Å². The van der Waals surface area contributed by atoms with Crippen LogP contribution in [0.4, 0.5) is 6.01 Å². The minimum Gasteiger partial charge on any atom is -0.432 e. The molecular weight excluding hydrogens is 190 g/mol. The van der Waals surface area contributed by atoms with Crippen molar-refractivity contribution in [3.8, 4) is 12.3 Å². The van der Waals surface area contributed by atoms with Gasteiger partial charge in [-0.2, -0.15) is 4.98 Å². The van der Waals surface area contributed by atoms with Gasteiger partial charge in [0, 0.05) is 13.1 Å². The molecule has 1 fully saturated rings. The first kappa shape index (κ1) is 10.1. The molecule has 2 N–H and O–H groups in total. The second-order valence-electron chi connectivity index (χ2n) is 3.85. The van der Waals surface area contributed by atoms with Gasteiger partial charge >= 0.3 is 0 Å². The number of nitrogens with two attached hydrogens (primary N) is 1. The number of hydrogen-bond acceptors (Lipinski definition) is 4. The zero-order valence-electron chi connectivity index (χ0n) is 8.65. The van der Waals surface area contributed by atoms with Crippen molar-refractivity contribution in [1.82, 2.24) is 4.98 Å². The molecule has 1 aliphatic rings. The fourth-order valence-electron chi connectivity index (χ4n) is 1.47. The largest absolute Gasteiger partial charge is 0.432 e. The van der Waals surface area contributed by atoms with Crippen molar-refractivity contribution in [3.05, 3.63) is 12.0 Å². The lowest BCUT2D eigenvalue weighted by Crippen LogP contribution is -2.26. The summed E-state index contributed by atoms with van der Waals surface area (Å²) >= 11 is 0. The van der Waals surface area contributed by atoms with Crippen LogP contribution in [0, 0.1) is 18.3 Å². The molecule has 15 heavy (non-hydrogen) atoms. The number of nitrogens with zero attached hydrogens (tertiary/aromatic N) is 2. The van der Waals surface area contributed by atoms with Crippen LogP contribution in [0.5, 0.6) is 0 Å². The lowest BCUT2D eigenvalue weighted by Gasteiger charge is -2.16. The lowest BCUT2D eigenvalue weighted by molar-refractivity contribution is 0.534. The third-order valence-electron chi connectivity index (χ3n) is 2.48. The molecule has 0 aliphatic heterocycles. The summed E-state index contributed by atoms with van der Waals surface area (Å²) in [4.78, 5) is 6.26. The predicted molar refractivity (Wildman–Crippen MR) is 58.2 cm³/mol. The number of rotatable bonds is 5. The molecule has 4 nitrogen and oxygen atoms in total. The molecule has 0 amide bonds. The minimum atomic E-state index is 0.400.